The molecule has 0 radical (unpaired) electrons. The zero-order valence-electron chi connectivity index (χ0n) is 13.2. The van der Waals surface area contributed by atoms with Gasteiger partial charge in [-0.2, -0.15) is 0 Å². The van der Waals surface area contributed by atoms with Crippen LogP contribution >= 0.6 is 0 Å². The van der Waals surface area contributed by atoms with Crippen LogP contribution in [0.4, 0.5) is 0 Å². The molecule has 6 heteroatoms. The minimum absolute atomic E-state index is 0.150. The highest BCUT2D eigenvalue weighted by Gasteiger charge is 2.06. The number of benzene rings is 1. The summed E-state index contributed by atoms with van der Waals surface area (Å²) in [6.07, 6.45) is 0.915. The first kappa shape index (κ1) is 16.6. The van der Waals surface area contributed by atoms with Gasteiger partial charge in [-0.15, -0.1) is 0 Å². The summed E-state index contributed by atoms with van der Waals surface area (Å²) in [6, 6.07) is 13.5. The quantitative estimate of drug-likeness (QED) is 0.535. The van der Waals surface area contributed by atoms with Gasteiger partial charge in [-0.3, -0.25) is 4.79 Å². The summed E-state index contributed by atoms with van der Waals surface area (Å²) >= 11 is 0. The van der Waals surface area contributed by atoms with Crippen molar-refractivity contribution >= 4 is 11.9 Å². The first-order valence-corrected chi connectivity index (χ1v) is 7.63. The van der Waals surface area contributed by atoms with Gasteiger partial charge in [-0.05, 0) is 31.0 Å². The van der Waals surface area contributed by atoms with Crippen molar-refractivity contribution in [1.29, 1.82) is 0 Å². The van der Waals surface area contributed by atoms with Gasteiger partial charge in [-0.25, -0.2) is 4.99 Å². The van der Waals surface area contributed by atoms with Crippen LogP contribution in [-0.4, -0.2) is 25.0 Å². The van der Waals surface area contributed by atoms with Gasteiger partial charge in [0.15, 0.2) is 11.7 Å². The molecular formula is C17H22N4O2. The van der Waals surface area contributed by atoms with E-state index in [1.807, 2.05) is 25.1 Å². The van der Waals surface area contributed by atoms with Crippen LogP contribution in [0, 0.1) is 0 Å². The molecule has 2 aromatic rings. The average molecular weight is 314 g/mol. The minimum Gasteiger partial charge on any atom is -0.454 e. The number of rotatable bonds is 7. The van der Waals surface area contributed by atoms with Gasteiger partial charge < -0.3 is 20.8 Å². The topological polar surface area (TPSA) is 92.6 Å². The van der Waals surface area contributed by atoms with E-state index >= 15 is 0 Å². The zero-order valence-corrected chi connectivity index (χ0v) is 13.2. The maximum absolute atomic E-state index is 11.0. The van der Waals surface area contributed by atoms with Gasteiger partial charge in [0, 0.05) is 13.1 Å². The molecule has 0 spiro atoms. The molecular weight excluding hydrogens is 292 g/mol. The monoisotopic (exact) mass is 314 g/mol. The number of nitrogens with one attached hydrogen (secondary N) is 2. The third-order valence-electron chi connectivity index (χ3n) is 3.19. The first-order chi connectivity index (χ1) is 11.2. The Labute approximate surface area is 135 Å². The number of amides is 1. The number of guanidine groups is 1. The Bertz CT molecular complexity index is 650. The molecule has 6 nitrogen and oxygen atoms in total. The molecule has 0 saturated carbocycles. The van der Waals surface area contributed by atoms with Gasteiger partial charge in [0.1, 0.15) is 12.3 Å². The van der Waals surface area contributed by atoms with Crippen LogP contribution in [0.3, 0.4) is 0 Å². The molecule has 0 bridgehead atoms. The second-order valence-corrected chi connectivity index (χ2v) is 4.99. The molecule has 0 aliphatic heterocycles. The largest absolute Gasteiger partial charge is 0.454 e. The van der Waals surface area contributed by atoms with E-state index < -0.39 is 5.91 Å². The predicted molar refractivity (Wildman–Crippen MR) is 90.2 cm³/mol. The van der Waals surface area contributed by atoms with Crippen LogP contribution in [0.25, 0.3) is 0 Å². The van der Waals surface area contributed by atoms with E-state index in [0.29, 0.717) is 18.3 Å². The zero-order chi connectivity index (χ0) is 16.5. The highest BCUT2D eigenvalue weighted by Crippen LogP contribution is 2.08. The van der Waals surface area contributed by atoms with Crippen molar-refractivity contribution in [3.8, 4) is 0 Å². The Hall–Kier alpha value is -2.76. The molecule has 0 aliphatic rings. The van der Waals surface area contributed by atoms with Crippen LogP contribution < -0.4 is 16.4 Å². The lowest BCUT2D eigenvalue weighted by atomic mass is 10.1. The molecule has 1 aromatic carbocycles. The smallest absolute Gasteiger partial charge is 0.284 e. The molecule has 0 aliphatic carbocycles. The van der Waals surface area contributed by atoms with E-state index in [4.69, 9.17) is 10.2 Å². The molecule has 1 heterocycles. The number of carbonyl (C=O) groups excluding carboxylic acids is 1. The van der Waals surface area contributed by atoms with E-state index in [2.05, 4.69) is 27.8 Å². The normalized spacial score (nSPS) is 11.3. The summed E-state index contributed by atoms with van der Waals surface area (Å²) in [7, 11) is 0. The second-order valence-electron chi connectivity index (χ2n) is 4.99. The third-order valence-corrected chi connectivity index (χ3v) is 3.19. The average Bonchev–Trinajstić information content (AvgIpc) is 3.03. The summed E-state index contributed by atoms with van der Waals surface area (Å²) in [4.78, 5) is 15.4. The van der Waals surface area contributed by atoms with E-state index in [0.717, 1.165) is 19.5 Å². The lowest BCUT2D eigenvalue weighted by Gasteiger charge is -2.10. The fourth-order valence-electron chi connectivity index (χ4n) is 2.06. The Balaban J connectivity index is 1.87. The molecule has 1 amide bonds. The fraction of sp³-hybridized carbons (Fsp3) is 0.294. The molecule has 122 valence electrons. The van der Waals surface area contributed by atoms with Crippen LogP contribution in [-0.2, 0) is 13.0 Å². The number of primary amides is 1. The third kappa shape index (κ3) is 5.50. The number of hydrogen-bond acceptors (Lipinski definition) is 3. The van der Waals surface area contributed by atoms with E-state index in [9.17, 15) is 4.79 Å². The SMILES string of the molecule is CCNC(=NCc1ccc(C(N)=O)o1)NCCc1ccccc1. The van der Waals surface area contributed by atoms with Crippen LogP contribution in [0.5, 0.6) is 0 Å². The molecule has 1 aromatic heterocycles. The number of nitrogens with zero attached hydrogens (tertiary/aromatic N) is 1. The van der Waals surface area contributed by atoms with Crippen molar-refractivity contribution < 1.29 is 9.21 Å². The molecule has 0 fully saturated rings. The van der Waals surface area contributed by atoms with Crippen molar-refractivity contribution in [2.75, 3.05) is 13.1 Å². The number of furan rings is 1. The molecule has 0 unspecified atom stereocenters. The number of carbonyl (C=O) groups is 1. The van der Waals surface area contributed by atoms with E-state index in [-0.39, 0.29) is 5.76 Å². The lowest BCUT2D eigenvalue weighted by Crippen LogP contribution is -2.38. The van der Waals surface area contributed by atoms with Gasteiger partial charge in [-0.1, -0.05) is 30.3 Å². The molecule has 23 heavy (non-hydrogen) atoms. The van der Waals surface area contributed by atoms with E-state index in [1.54, 1.807) is 12.1 Å². The minimum atomic E-state index is -0.576. The molecule has 4 N–H and O–H groups in total. The molecule has 0 saturated heterocycles. The second kappa shape index (κ2) is 8.63. The maximum Gasteiger partial charge on any atom is 0.284 e. The van der Waals surface area contributed by atoms with Crippen LogP contribution in [0.15, 0.2) is 51.9 Å². The highest BCUT2D eigenvalue weighted by atomic mass is 16.3. The Morgan fingerprint density at radius 1 is 1.17 bits per heavy atom. The lowest BCUT2D eigenvalue weighted by molar-refractivity contribution is 0.0972. The van der Waals surface area contributed by atoms with Crippen molar-refractivity contribution in [2.45, 2.75) is 19.9 Å². The number of aliphatic imine (C=N–C) groups is 1. The summed E-state index contributed by atoms with van der Waals surface area (Å²) in [5.41, 5.74) is 6.43. The van der Waals surface area contributed by atoms with Crippen molar-refractivity contribution in [1.82, 2.24) is 10.6 Å². The van der Waals surface area contributed by atoms with Crippen LogP contribution in [0.2, 0.25) is 0 Å². The van der Waals surface area contributed by atoms with E-state index in [1.165, 1.54) is 5.56 Å². The summed E-state index contributed by atoms with van der Waals surface area (Å²) < 4.78 is 5.31. The summed E-state index contributed by atoms with van der Waals surface area (Å²) in [5.74, 6) is 0.880. The van der Waals surface area contributed by atoms with Crippen LogP contribution in [0.1, 0.15) is 28.8 Å². The highest BCUT2D eigenvalue weighted by molar-refractivity contribution is 5.89. The number of nitrogens with two attached hydrogens (primary N) is 1. The van der Waals surface area contributed by atoms with Crippen molar-refractivity contribution in [2.24, 2.45) is 10.7 Å². The van der Waals surface area contributed by atoms with Crippen molar-refractivity contribution in [3.63, 3.8) is 0 Å². The van der Waals surface area contributed by atoms with Gasteiger partial charge >= 0.3 is 0 Å². The first-order valence-electron chi connectivity index (χ1n) is 7.63. The Kier molecular flexibility index (Phi) is 6.23. The summed E-state index contributed by atoms with van der Waals surface area (Å²) in [6.45, 7) is 3.89. The van der Waals surface area contributed by atoms with Gasteiger partial charge in [0.05, 0.1) is 0 Å². The standard InChI is InChI=1S/C17H22N4O2/c1-2-19-17(20-11-10-13-6-4-3-5-7-13)21-12-14-8-9-15(23-14)16(18)22/h3-9H,2,10-12H2,1H3,(H2,18,22)(H2,19,20,21). The summed E-state index contributed by atoms with van der Waals surface area (Å²) in [5, 5.41) is 6.45. The van der Waals surface area contributed by atoms with Crippen molar-refractivity contribution in [3.05, 3.63) is 59.5 Å². The van der Waals surface area contributed by atoms with Gasteiger partial charge in [0.2, 0.25) is 0 Å². The molecule has 2 rings (SSSR count). The number of hydrogen-bond donors (Lipinski definition) is 3. The fourth-order valence-corrected chi connectivity index (χ4v) is 2.06. The Morgan fingerprint density at radius 3 is 2.61 bits per heavy atom. The Morgan fingerprint density at radius 2 is 1.96 bits per heavy atom. The maximum atomic E-state index is 11.0. The molecule has 0 atom stereocenters. The predicted octanol–water partition coefficient (Wildman–Crippen LogP) is 1.68. The van der Waals surface area contributed by atoms with Gasteiger partial charge in [0.25, 0.3) is 5.91 Å².